The number of nitrogens with one attached hydrogen (secondary N) is 1. The number of aromatic nitrogens is 2. The average molecular weight is 511 g/mol. The molecule has 10 heteroatoms. The standard InChI is InChI=1S/C27H34N4O6/c1-17-15-18(2)30(29-17)13-8-6-7-9-14-37-27(33)24-20(4)28-19(3)23(26(32)36-5)25(24)21-11-10-12-22(16-21)31(34)35/h10-12,15-16,25,28H,6-9,13-14H2,1-5H3. The Morgan fingerprint density at radius 2 is 1.70 bits per heavy atom. The number of hydrogen-bond donors (Lipinski definition) is 1. The van der Waals surface area contributed by atoms with Crippen LogP contribution in [0.25, 0.3) is 0 Å². The number of methoxy groups -OCH3 is 1. The van der Waals surface area contributed by atoms with Crippen LogP contribution in [0.4, 0.5) is 5.69 Å². The smallest absolute Gasteiger partial charge is 0.336 e. The Balaban J connectivity index is 1.68. The Kier molecular flexibility index (Phi) is 9.21. The number of ether oxygens (including phenoxy) is 2. The monoisotopic (exact) mass is 510 g/mol. The zero-order valence-electron chi connectivity index (χ0n) is 22.0. The molecule has 1 unspecified atom stereocenters. The van der Waals surface area contributed by atoms with E-state index < -0.39 is 22.8 Å². The molecule has 2 aromatic rings. The lowest BCUT2D eigenvalue weighted by atomic mass is 9.80. The fourth-order valence-corrected chi connectivity index (χ4v) is 4.66. The third-order valence-electron chi connectivity index (χ3n) is 6.40. The zero-order valence-corrected chi connectivity index (χ0v) is 22.0. The van der Waals surface area contributed by atoms with Crippen molar-refractivity contribution < 1.29 is 24.0 Å². The molecule has 0 saturated heterocycles. The molecule has 0 saturated carbocycles. The molecule has 10 nitrogen and oxygen atoms in total. The minimum absolute atomic E-state index is 0.135. The van der Waals surface area contributed by atoms with Gasteiger partial charge in [0.05, 0.1) is 41.4 Å². The van der Waals surface area contributed by atoms with Crippen LogP contribution in [0, 0.1) is 24.0 Å². The molecule has 1 aromatic carbocycles. The van der Waals surface area contributed by atoms with Crippen LogP contribution in [0.15, 0.2) is 52.9 Å². The summed E-state index contributed by atoms with van der Waals surface area (Å²) in [7, 11) is 1.26. The minimum Gasteiger partial charge on any atom is -0.466 e. The van der Waals surface area contributed by atoms with Gasteiger partial charge in [0, 0.05) is 35.8 Å². The molecular formula is C27H34N4O6. The first-order valence-corrected chi connectivity index (χ1v) is 12.3. The Labute approximate surface area is 216 Å². The van der Waals surface area contributed by atoms with Gasteiger partial charge in [0.2, 0.25) is 0 Å². The lowest BCUT2D eigenvalue weighted by molar-refractivity contribution is -0.384. The lowest BCUT2D eigenvalue weighted by Crippen LogP contribution is -2.32. The van der Waals surface area contributed by atoms with Gasteiger partial charge < -0.3 is 14.8 Å². The number of nitrogens with zero attached hydrogens (tertiary/aromatic N) is 3. The van der Waals surface area contributed by atoms with Crippen molar-refractivity contribution >= 4 is 17.6 Å². The highest BCUT2D eigenvalue weighted by molar-refractivity contribution is 5.99. The van der Waals surface area contributed by atoms with Crippen molar-refractivity contribution in [3.05, 3.63) is 79.9 Å². The van der Waals surface area contributed by atoms with Crippen LogP contribution in [-0.4, -0.2) is 40.4 Å². The van der Waals surface area contributed by atoms with Crippen molar-refractivity contribution in [2.24, 2.45) is 0 Å². The molecule has 1 aliphatic rings. The van der Waals surface area contributed by atoms with E-state index in [1.165, 1.54) is 25.3 Å². The second-order valence-corrected chi connectivity index (χ2v) is 9.18. The van der Waals surface area contributed by atoms with Gasteiger partial charge >= 0.3 is 11.9 Å². The second kappa shape index (κ2) is 12.3. The van der Waals surface area contributed by atoms with Crippen LogP contribution in [0.1, 0.15) is 62.4 Å². The number of carbonyl (C=O) groups excluding carboxylic acids is 2. The molecule has 0 radical (unpaired) electrons. The maximum absolute atomic E-state index is 13.2. The van der Waals surface area contributed by atoms with E-state index in [1.807, 2.05) is 18.5 Å². The van der Waals surface area contributed by atoms with Gasteiger partial charge in [0.25, 0.3) is 5.69 Å². The molecule has 0 amide bonds. The molecule has 198 valence electrons. The molecule has 1 aromatic heterocycles. The Bertz CT molecular complexity index is 1240. The van der Waals surface area contributed by atoms with Gasteiger partial charge in [-0.15, -0.1) is 0 Å². The molecule has 1 atom stereocenters. The maximum Gasteiger partial charge on any atom is 0.336 e. The Morgan fingerprint density at radius 3 is 2.32 bits per heavy atom. The van der Waals surface area contributed by atoms with Gasteiger partial charge in [0.15, 0.2) is 0 Å². The summed E-state index contributed by atoms with van der Waals surface area (Å²) < 4.78 is 12.6. The molecule has 0 bridgehead atoms. The van der Waals surface area contributed by atoms with Gasteiger partial charge in [-0.25, -0.2) is 9.59 Å². The first-order valence-electron chi connectivity index (χ1n) is 12.3. The number of dihydropyridines is 1. The number of hydrogen-bond acceptors (Lipinski definition) is 8. The van der Waals surface area contributed by atoms with Crippen molar-refractivity contribution in [3.8, 4) is 0 Å². The lowest BCUT2D eigenvalue weighted by Gasteiger charge is -2.30. The largest absolute Gasteiger partial charge is 0.466 e. The number of unbranched alkanes of at least 4 members (excludes halogenated alkanes) is 3. The highest BCUT2D eigenvalue weighted by Crippen LogP contribution is 2.40. The predicted molar refractivity (Wildman–Crippen MR) is 138 cm³/mol. The topological polar surface area (TPSA) is 126 Å². The summed E-state index contributed by atoms with van der Waals surface area (Å²) in [5.74, 6) is -2.05. The first-order chi connectivity index (χ1) is 17.6. The van der Waals surface area contributed by atoms with Gasteiger partial charge in [-0.05, 0) is 58.6 Å². The Morgan fingerprint density at radius 1 is 1.03 bits per heavy atom. The van der Waals surface area contributed by atoms with Crippen LogP contribution in [0.5, 0.6) is 0 Å². The normalized spacial score (nSPS) is 15.4. The van der Waals surface area contributed by atoms with Gasteiger partial charge in [-0.1, -0.05) is 18.6 Å². The highest BCUT2D eigenvalue weighted by Gasteiger charge is 2.38. The van der Waals surface area contributed by atoms with Crippen molar-refractivity contribution in [2.75, 3.05) is 13.7 Å². The number of aryl methyl sites for hydroxylation is 3. The number of benzene rings is 1. The van der Waals surface area contributed by atoms with Crippen LogP contribution in [-0.2, 0) is 25.6 Å². The fourth-order valence-electron chi connectivity index (χ4n) is 4.66. The molecule has 1 aliphatic heterocycles. The number of nitro benzene ring substituents is 1. The van der Waals surface area contributed by atoms with E-state index >= 15 is 0 Å². The van der Waals surface area contributed by atoms with Gasteiger partial charge in [-0.2, -0.15) is 5.10 Å². The summed E-state index contributed by atoms with van der Waals surface area (Å²) in [4.78, 5) is 36.8. The molecule has 3 rings (SSSR count). The van der Waals surface area contributed by atoms with Crippen LogP contribution >= 0.6 is 0 Å². The number of carbonyl (C=O) groups is 2. The average Bonchev–Trinajstić information content (AvgIpc) is 3.18. The summed E-state index contributed by atoms with van der Waals surface area (Å²) in [6, 6.07) is 7.98. The van der Waals surface area contributed by atoms with E-state index in [-0.39, 0.29) is 23.4 Å². The number of allylic oxidation sites excluding steroid dienone is 2. The number of non-ortho nitro benzene ring substituents is 1. The minimum atomic E-state index is -0.859. The molecule has 37 heavy (non-hydrogen) atoms. The maximum atomic E-state index is 13.2. The van der Waals surface area contributed by atoms with Gasteiger partial charge in [0.1, 0.15) is 0 Å². The van der Waals surface area contributed by atoms with Crippen LogP contribution in [0.3, 0.4) is 0 Å². The third-order valence-corrected chi connectivity index (χ3v) is 6.40. The summed E-state index contributed by atoms with van der Waals surface area (Å²) in [5.41, 5.74) is 3.94. The second-order valence-electron chi connectivity index (χ2n) is 9.18. The van der Waals surface area contributed by atoms with Crippen molar-refractivity contribution in [3.63, 3.8) is 0 Å². The van der Waals surface area contributed by atoms with E-state index in [0.29, 0.717) is 23.4 Å². The third kappa shape index (κ3) is 6.63. The summed E-state index contributed by atoms with van der Waals surface area (Å²) in [5, 5.41) is 18.9. The summed E-state index contributed by atoms with van der Waals surface area (Å²) >= 11 is 0. The van der Waals surface area contributed by atoms with Crippen molar-refractivity contribution in [1.82, 2.24) is 15.1 Å². The van der Waals surface area contributed by atoms with E-state index in [1.54, 1.807) is 19.9 Å². The molecule has 0 fully saturated rings. The highest BCUT2D eigenvalue weighted by atomic mass is 16.6. The zero-order chi connectivity index (χ0) is 27.1. The van der Waals surface area contributed by atoms with Gasteiger partial charge in [-0.3, -0.25) is 14.8 Å². The quantitative estimate of drug-likeness (QED) is 0.201. The van der Waals surface area contributed by atoms with E-state index in [9.17, 15) is 19.7 Å². The molecule has 2 heterocycles. The van der Waals surface area contributed by atoms with E-state index in [2.05, 4.69) is 16.5 Å². The molecule has 0 spiro atoms. The fraction of sp³-hybridized carbons (Fsp3) is 0.444. The number of esters is 2. The van der Waals surface area contributed by atoms with Crippen LogP contribution in [0.2, 0.25) is 0 Å². The number of nitro groups is 1. The summed E-state index contributed by atoms with van der Waals surface area (Å²) in [6.45, 7) is 8.52. The molecule has 1 N–H and O–H groups in total. The molecule has 0 aliphatic carbocycles. The summed E-state index contributed by atoms with van der Waals surface area (Å²) in [6.07, 6.45) is 3.54. The van der Waals surface area contributed by atoms with E-state index in [4.69, 9.17) is 9.47 Å². The SMILES string of the molecule is COC(=O)C1=C(C)NC(C)=C(C(=O)OCCCCCCn2nc(C)cc2C)C1c1cccc([N+](=O)[O-])c1. The van der Waals surface area contributed by atoms with Crippen molar-refractivity contribution in [2.45, 2.75) is 65.8 Å². The molecular weight excluding hydrogens is 476 g/mol. The van der Waals surface area contributed by atoms with Crippen LogP contribution < -0.4 is 5.32 Å². The first kappa shape index (κ1) is 27.6. The number of rotatable bonds is 11. The Hall–Kier alpha value is -3.95. The van der Waals surface area contributed by atoms with E-state index in [0.717, 1.165) is 37.2 Å². The van der Waals surface area contributed by atoms with Crippen molar-refractivity contribution in [1.29, 1.82) is 0 Å². The predicted octanol–water partition coefficient (Wildman–Crippen LogP) is 4.62.